The smallest absolute Gasteiger partial charge is 0.347 e. The number of ether oxygens (including phenoxy) is 2. The standard InChI is InChI=1S/C18H16FNO3/c1-12(15-5-3-4-14(10-15)11-20)23-18(21)13(2)22-17-8-6-16(19)7-9-17/h3-10,12-13H,1-2H3. The molecule has 0 aliphatic rings. The molecule has 0 N–H and O–H groups in total. The molecule has 0 aromatic heterocycles. The van der Waals surface area contributed by atoms with Gasteiger partial charge in [-0.1, -0.05) is 12.1 Å². The van der Waals surface area contributed by atoms with Gasteiger partial charge >= 0.3 is 5.97 Å². The highest BCUT2D eigenvalue weighted by atomic mass is 19.1. The van der Waals surface area contributed by atoms with E-state index in [1.165, 1.54) is 24.3 Å². The van der Waals surface area contributed by atoms with Gasteiger partial charge in [-0.2, -0.15) is 5.26 Å². The molecule has 0 fully saturated rings. The Morgan fingerprint density at radius 1 is 1.17 bits per heavy atom. The van der Waals surface area contributed by atoms with Crippen LogP contribution in [0.4, 0.5) is 4.39 Å². The molecule has 0 radical (unpaired) electrons. The van der Waals surface area contributed by atoms with Crippen LogP contribution in [0.3, 0.4) is 0 Å². The lowest BCUT2D eigenvalue weighted by atomic mass is 10.1. The first kappa shape index (κ1) is 16.5. The topological polar surface area (TPSA) is 59.3 Å². The third-order valence-electron chi connectivity index (χ3n) is 3.24. The van der Waals surface area contributed by atoms with Crippen LogP contribution in [0.5, 0.6) is 5.75 Å². The fourth-order valence-corrected chi connectivity index (χ4v) is 1.96. The molecule has 2 unspecified atom stereocenters. The van der Waals surface area contributed by atoms with Gasteiger partial charge in [0.2, 0.25) is 0 Å². The number of carbonyl (C=O) groups is 1. The van der Waals surface area contributed by atoms with Crippen LogP contribution in [0.2, 0.25) is 0 Å². The van der Waals surface area contributed by atoms with Crippen LogP contribution in [0.1, 0.15) is 31.1 Å². The zero-order valence-electron chi connectivity index (χ0n) is 12.8. The van der Waals surface area contributed by atoms with Gasteiger partial charge in [0.1, 0.15) is 17.7 Å². The highest BCUT2D eigenvalue weighted by Gasteiger charge is 2.20. The molecule has 2 aromatic carbocycles. The Kier molecular flexibility index (Phi) is 5.32. The van der Waals surface area contributed by atoms with Crippen molar-refractivity contribution in [2.75, 3.05) is 0 Å². The monoisotopic (exact) mass is 313 g/mol. The van der Waals surface area contributed by atoms with E-state index in [1.807, 2.05) is 6.07 Å². The van der Waals surface area contributed by atoms with Crippen molar-refractivity contribution >= 4 is 5.97 Å². The van der Waals surface area contributed by atoms with Crippen LogP contribution in [-0.2, 0) is 9.53 Å². The molecule has 0 saturated carbocycles. The zero-order valence-corrected chi connectivity index (χ0v) is 12.8. The van der Waals surface area contributed by atoms with E-state index in [0.29, 0.717) is 11.3 Å². The van der Waals surface area contributed by atoms with E-state index < -0.39 is 18.2 Å². The van der Waals surface area contributed by atoms with Crippen molar-refractivity contribution in [2.24, 2.45) is 0 Å². The third kappa shape index (κ3) is 4.55. The third-order valence-corrected chi connectivity index (χ3v) is 3.24. The number of carbonyl (C=O) groups excluding carboxylic acids is 1. The Morgan fingerprint density at radius 2 is 1.87 bits per heavy atom. The van der Waals surface area contributed by atoms with Crippen LogP contribution in [-0.4, -0.2) is 12.1 Å². The quantitative estimate of drug-likeness (QED) is 0.788. The summed E-state index contributed by atoms with van der Waals surface area (Å²) < 4.78 is 23.6. The highest BCUT2D eigenvalue weighted by molar-refractivity contribution is 5.75. The number of benzene rings is 2. The number of nitriles is 1. The summed E-state index contributed by atoms with van der Waals surface area (Å²) in [4.78, 5) is 12.1. The number of nitrogens with zero attached hydrogens (tertiary/aromatic N) is 1. The SMILES string of the molecule is CC(Oc1ccc(F)cc1)C(=O)OC(C)c1cccc(C#N)c1. The molecule has 0 spiro atoms. The first-order valence-electron chi connectivity index (χ1n) is 7.12. The van der Waals surface area contributed by atoms with Gasteiger partial charge in [-0.3, -0.25) is 0 Å². The summed E-state index contributed by atoms with van der Waals surface area (Å²) in [5.41, 5.74) is 1.23. The van der Waals surface area contributed by atoms with Crippen molar-refractivity contribution < 1.29 is 18.7 Å². The normalized spacial score (nSPS) is 12.8. The van der Waals surface area contributed by atoms with Crippen molar-refractivity contribution in [3.63, 3.8) is 0 Å². The molecular weight excluding hydrogens is 297 g/mol. The number of hydrogen-bond acceptors (Lipinski definition) is 4. The van der Waals surface area contributed by atoms with Crippen molar-refractivity contribution in [2.45, 2.75) is 26.1 Å². The minimum Gasteiger partial charge on any atom is -0.479 e. The van der Waals surface area contributed by atoms with E-state index in [9.17, 15) is 9.18 Å². The second-order valence-corrected chi connectivity index (χ2v) is 5.03. The van der Waals surface area contributed by atoms with Gasteiger partial charge in [0.05, 0.1) is 11.6 Å². The Hall–Kier alpha value is -2.87. The Morgan fingerprint density at radius 3 is 2.52 bits per heavy atom. The Bertz CT molecular complexity index is 722. The van der Waals surface area contributed by atoms with Crippen LogP contribution in [0.15, 0.2) is 48.5 Å². The average molecular weight is 313 g/mol. The van der Waals surface area contributed by atoms with E-state index >= 15 is 0 Å². The maximum absolute atomic E-state index is 12.8. The first-order valence-corrected chi connectivity index (χ1v) is 7.12. The molecule has 0 bridgehead atoms. The maximum Gasteiger partial charge on any atom is 0.347 e. The molecule has 4 nitrogen and oxygen atoms in total. The molecule has 0 aliphatic carbocycles. The maximum atomic E-state index is 12.8. The molecule has 0 saturated heterocycles. The lowest BCUT2D eigenvalue weighted by Gasteiger charge is -2.18. The molecule has 2 atom stereocenters. The molecular formula is C18H16FNO3. The summed E-state index contributed by atoms with van der Waals surface area (Å²) in [6.45, 7) is 3.28. The molecule has 118 valence electrons. The van der Waals surface area contributed by atoms with Crippen LogP contribution in [0, 0.1) is 17.1 Å². The summed E-state index contributed by atoms with van der Waals surface area (Å²) in [6.07, 6.45) is -1.34. The predicted octanol–water partition coefficient (Wildman–Crippen LogP) is 3.77. The summed E-state index contributed by atoms with van der Waals surface area (Å²) in [5, 5.41) is 8.89. The zero-order chi connectivity index (χ0) is 16.8. The van der Waals surface area contributed by atoms with Gasteiger partial charge in [0, 0.05) is 0 Å². The number of halogens is 1. The second kappa shape index (κ2) is 7.41. The minimum atomic E-state index is -0.831. The van der Waals surface area contributed by atoms with Crippen molar-refractivity contribution in [1.29, 1.82) is 5.26 Å². The Labute approximate surface area is 134 Å². The lowest BCUT2D eigenvalue weighted by Crippen LogP contribution is -2.27. The predicted molar refractivity (Wildman–Crippen MR) is 82.2 cm³/mol. The molecule has 0 amide bonds. The number of rotatable bonds is 5. The van der Waals surface area contributed by atoms with E-state index in [2.05, 4.69) is 0 Å². The average Bonchev–Trinajstić information content (AvgIpc) is 2.56. The molecule has 2 rings (SSSR count). The van der Waals surface area contributed by atoms with E-state index in [1.54, 1.807) is 38.1 Å². The van der Waals surface area contributed by atoms with Gasteiger partial charge in [-0.25, -0.2) is 9.18 Å². The van der Waals surface area contributed by atoms with Crippen LogP contribution >= 0.6 is 0 Å². The van der Waals surface area contributed by atoms with Gasteiger partial charge in [0.15, 0.2) is 6.10 Å². The largest absolute Gasteiger partial charge is 0.479 e. The van der Waals surface area contributed by atoms with Crippen molar-refractivity contribution in [3.05, 3.63) is 65.5 Å². The van der Waals surface area contributed by atoms with Gasteiger partial charge in [-0.05, 0) is 55.8 Å². The molecule has 0 aliphatic heterocycles. The van der Waals surface area contributed by atoms with Gasteiger partial charge in [0.25, 0.3) is 0 Å². The van der Waals surface area contributed by atoms with E-state index in [-0.39, 0.29) is 5.82 Å². The van der Waals surface area contributed by atoms with Crippen LogP contribution in [0.25, 0.3) is 0 Å². The first-order chi connectivity index (χ1) is 11.0. The summed E-state index contributed by atoms with van der Waals surface area (Å²) in [5.74, 6) is -0.530. The fourth-order valence-electron chi connectivity index (χ4n) is 1.96. The Balaban J connectivity index is 1.97. The van der Waals surface area contributed by atoms with Crippen molar-refractivity contribution in [3.8, 4) is 11.8 Å². The molecule has 0 heterocycles. The summed E-state index contributed by atoms with van der Waals surface area (Å²) >= 11 is 0. The highest BCUT2D eigenvalue weighted by Crippen LogP contribution is 2.20. The van der Waals surface area contributed by atoms with E-state index in [4.69, 9.17) is 14.7 Å². The number of esters is 1. The number of hydrogen-bond donors (Lipinski definition) is 0. The molecule has 2 aromatic rings. The van der Waals surface area contributed by atoms with Gasteiger partial charge < -0.3 is 9.47 Å². The minimum absolute atomic E-state index is 0.376. The summed E-state index contributed by atoms with van der Waals surface area (Å²) in [6, 6.07) is 14.3. The van der Waals surface area contributed by atoms with Gasteiger partial charge in [-0.15, -0.1) is 0 Å². The fraction of sp³-hybridized carbons (Fsp3) is 0.222. The van der Waals surface area contributed by atoms with Crippen LogP contribution < -0.4 is 4.74 Å². The second-order valence-electron chi connectivity index (χ2n) is 5.03. The molecule has 23 heavy (non-hydrogen) atoms. The summed E-state index contributed by atoms with van der Waals surface area (Å²) in [7, 11) is 0. The van der Waals surface area contributed by atoms with Crippen molar-refractivity contribution in [1.82, 2.24) is 0 Å². The van der Waals surface area contributed by atoms with E-state index in [0.717, 1.165) is 5.56 Å². The molecule has 5 heteroatoms. The lowest BCUT2D eigenvalue weighted by molar-refractivity contribution is -0.156.